The van der Waals surface area contributed by atoms with Crippen molar-refractivity contribution >= 4 is 0 Å². The largest absolute Gasteiger partial charge is 0.381 e. The van der Waals surface area contributed by atoms with E-state index in [9.17, 15) is 0 Å². The fraction of sp³-hybridized carbons (Fsp3) is 1.00. The van der Waals surface area contributed by atoms with E-state index < -0.39 is 0 Å². The van der Waals surface area contributed by atoms with E-state index in [1.54, 1.807) is 7.11 Å². The third-order valence-corrected chi connectivity index (χ3v) is 6.23. The van der Waals surface area contributed by atoms with E-state index in [0.717, 1.165) is 18.9 Å². The lowest BCUT2D eigenvalue weighted by molar-refractivity contribution is -0.00600. The van der Waals surface area contributed by atoms with Crippen LogP contribution in [0.3, 0.4) is 0 Å². The van der Waals surface area contributed by atoms with Crippen molar-refractivity contribution in [2.24, 2.45) is 17.8 Å². The Hall–Kier alpha value is -0.120. The number of hydrogen-bond acceptors (Lipinski definition) is 3. The Kier molecular flexibility index (Phi) is 11.2. The summed E-state index contributed by atoms with van der Waals surface area (Å²) in [5.74, 6) is 1.96. The van der Waals surface area contributed by atoms with Gasteiger partial charge < -0.3 is 14.2 Å². The highest BCUT2D eigenvalue weighted by molar-refractivity contribution is 4.78. The van der Waals surface area contributed by atoms with Gasteiger partial charge in [-0.3, -0.25) is 0 Å². The minimum absolute atomic E-state index is 0.322. The fourth-order valence-corrected chi connectivity index (χ4v) is 4.13. The highest BCUT2D eigenvalue weighted by atomic mass is 16.5. The summed E-state index contributed by atoms with van der Waals surface area (Å²) in [4.78, 5) is 0. The molecule has 3 heteroatoms. The van der Waals surface area contributed by atoms with Crippen molar-refractivity contribution in [1.82, 2.24) is 0 Å². The Morgan fingerprint density at radius 3 is 2.00 bits per heavy atom. The summed E-state index contributed by atoms with van der Waals surface area (Å²) in [7, 11) is 3.69. The minimum atomic E-state index is 0.322. The van der Waals surface area contributed by atoms with Gasteiger partial charge in [0.25, 0.3) is 0 Å². The van der Waals surface area contributed by atoms with Gasteiger partial charge in [-0.15, -0.1) is 0 Å². The van der Waals surface area contributed by atoms with Crippen LogP contribution in [0.25, 0.3) is 0 Å². The van der Waals surface area contributed by atoms with Gasteiger partial charge in [0.1, 0.15) is 0 Å². The summed E-state index contributed by atoms with van der Waals surface area (Å²) in [6.07, 6.45) is 11.3. The maximum atomic E-state index is 6.08. The molecule has 0 spiro atoms. The van der Waals surface area contributed by atoms with E-state index in [1.165, 1.54) is 44.9 Å². The molecule has 0 aromatic carbocycles. The third kappa shape index (κ3) is 7.41. The van der Waals surface area contributed by atoms with E-state index in [-0.39, 0.29) is 0 Å². The van der Waals surface area contributed by atoms with Crippen LogP contribution in [0, 0.1) is 17.8 Å². The second-order valence-electron chi connectivity index (χ2n) is 7.86. The Balaban J connectivity index is 2.42. The molecule has 0 heterocycles. The van der Waals surface area contributed by atoms with E-state index in [4.69, 9.17) is 14.2 Å². The molecule has 0 aliphatic heterocycles. The lowest BCUT2D eigenvalue weighted by Crippen LogP contribution is -2.27. The van der Waals surface area contributed by atoms with Crippen LogP contribution in [0.4, 0.5) is 0 Å². The van der Waals surface area contributed by atoms with E-state index in [0.29, 0.717) is 30.1 Å². The normalized spacial score (nSPS) is 22.2. The molecule has 0 aromatic rings. The zero-order valence-electron chi connectivity index (χ0n) is 17.1. The Morgan fingerprint density at radius 2 is 1.46 bits per heavy atom. The number of rotatable bonds is 13. The average Bonchev–Trinajstić information content (AvgIpc) is 3.12. The standard InChI is InChI=1S/C21H42O3/c1-7-24-20(14-12-16(2)18(4)22-5)17(3)13-15-21(23-6)19-10-8-9-11-19/h16-21H,7-15H2,1-6H3/t16?,17?,18-,20?,21?/m1/s1. The first kappa shape index (κ1) is 21.9. The molecule has 0 saturated heterocycles. The van der Waals surface area contributed by atoms with Crippen molar-refractivity contribution in [2.45, 2.75) is 97.4 Å². The molecule has 3 nitrogen and oxygen atoms in total. The minimum Gasteiger partial charge on any atom is -0.381 e. The lowest BCUT2D eigenvalue weighted by Gasteiger charge is -2.29. The molecule has 0 N–H and O–H groups in total. The second-order valence-corrected chi connectivity index (χ2v) is 7.86. The highest BCUT2D eigenvalue weighted by Crippen LogP contribution is 2.32. The zero-order valence-corrected chi connectivity index (χ0v) is 17.1. The van der Waals surface area contributed by atoms with Gasteiger partial charge >= 0.3 is 0 Å². The monoisotopic (exact) mass is 342 g/mol. The first-order valence-electron chi connectivity index (χ1n) is 10.2. The summed E-state index contributed by atoms with van der Waals surface area (Å²) < 4.78 is 17.3. The van der Waals surface area contributed by atoms with E-state index in [2.05, 4.69) is 27.7 Å². The molecule has 1 aliphatic carbocycles. The van der Waals surface area contributed by atoms with Crippen molar-refractivity contribution in [1.29, 1.82) is 0 Å². The van der Waals surface area contributed by atoms with Gasteiger partial charge in [0.2, 0.25) is 0 Å². The average molecular weight is 343 g/mol. The maximum absolute atomic E-state index is 6.08. The number of methoxy groups -OCH3 is 2. The molecular weight excluding hydrogens is 300 g/mol. The predicted octanol–water partition coefficient (Wildman–Crippen LogP) is 5.46. The maximum Gasteiger partial charge on any atom is 0.0600 e. The summed E-state index contributed by atoms with van der Waals surface area (Å²) in [5.41, 5.74) is 0. The molecule has 0 bridgehead atoms. The Bertz CT molecular complexity index is 301. The molecular formula is C21H42O3. The highest BCUT2D eigenvalue weighted by Gasteiger charge is 2.27. The lowest BCUT2D eigenvalue weighted by atomic mass is 9.88. The van der Waals surface area contributed by atoms with Gasteiger partial charge in [-0.2, -0.15) is 0 Å². The predicted molar refractivity (Wildman–Crippen MR) is 101 cm³/mol. The van der Waals surface area contributed by atoms with Crippen LogP contribution < -0.4 is 0 Å². The van der Waals surface area contributed by atoms with Crippen LogP contribution in [0.1, 0.15) is 79.1 Å². The molecule has 0 radical (unpaired) electrons. The van der Waals surface area contributed by atoms with Gasteiger partial charge in [-0.25, -0.2) is 0 Å². The number of ether oxygens (including phenoxy) is 3. The topological polar surface area (TPSA) is 27.7 Å². The zero-order chi connectivity index (χ0) is 17.9. The van der Waals surface area contributed by atoms with Crippen molar-refractivity contribution in [3.05, 3.63) is 0 Å². The summed E-state index contributed by atoms with van der Waals surface area (Å²) in [5, 5.41) is 0. The molecule has 0 aromatic heterocycles. The van der Waals surface area contributed by atoms with E-state index in [1.807, 2.05) is 7.11 Å². The molecule has 0 amide bonds. The summed E-state index contributed by atoms with van der Waals surface area (Å²) in [6.45, 7) is 9.71. The van der Waals surface area contributed by atoms with Gasteiger partial charge in [-0.05, 0) is 70.1 Å². The van der Waals surface area contributed by atoms with Crippen LogP contribution >= 0.6 is 0 Å². The number of hydrogen-bond donors (Lipinski definition) is 0. The first-order chi connectivity index (χ1) is 11.5. The summed E-state index contributed by atoms with van der Waals surface area (Å²) >= 11 is 0. The van der Waals surface area contributed by atoms with Gasteiger partial charge in [0.15, 0.2) is 0 Å². The molecule has 1 aliphatic rings. The molecule has 1 saturated carbocycles. The molecule has 144 valence electrons. The van der Waals surface area contributed by atoms with Crippen LogP contribution in [0.2, 0.25) is 0 Å². The smallest absolute Gasteiger partial charge is 0.0600 e. The van der Waals surface area contributed by atoms with Crippen LogP contribution in [-0.2, 0) is 14.2 Å². The van der Waals surface area contributed by atoms with Crippen LogP contribution in [-0.4, -0.2) is 39.1 Å². The first-order valence-corrected chi connectivity index (χ1v) is 10.2. The van der Waals surface area contributed by atoms with Crippen molar-refractivity contribution in [3.8, 4) is 0 Å². The van der Waals surface area contributed by atoms with Crippen molar-refractivity contribution in [2.75, 3.05) is 20.8 Å². The fourth-order valence-electron chi connectivity index (χ4n) is 4.13. The Labute approximate surface area is 150 Å². The molecule has 1 rings (SSSR count). The quantitative estimate of drug-likeness (QED) is 0.444. The van der Waals surface area contributed by atoms with Crippen molar-refractivity contribution in [3.63, 3.8) is 0 Å². The second kappa shape index (κ2) is 12.3. The van der Waals surface area contributed by atoms with Crippen molar-refractivity contribution < 1.29 is 14.2 Å². The van der Waals surface area contributed by atoms with Gasteiger partial charge in [0.05, 0.1) is 18.3 Å². The molecule has 5 atom stereocenters. The third-order valence-electron chi connectivity index (χ3n) is 6.23. The van der Waals surface area contributed by atoms with Crippen LogP contribution in [0.15, 0.2) is 0 Å². The van der Waals surface area contributed by atoms with Gasteiger partial charge in [0, 0.05) is 20.8 Å². The van der Waals surface area contributed by atoms with Crippen LogP contribution in [0.5, 0.6) is 0 Å². The summed E-state index contributed by atoms with van der Waals surface area (Å²) in [6, 6.07) is 0. The van der Waals surface area contributed by atoms with Gasteiger partial charge in [-0.1, -0.05) is 26.7 Å². The molecule has 1 fully saturated rings. The molecule has 4 unspecified atom stereocenters. The van der Waals surface area contributed by atoms with E-state index >= 15 is 0 Å². The molecule has 24 heavy (non-hydrogen) atoms. The SMILES string of the molecule is CCOC(CCC(C)[C@@H](C)OC)C(C)CCC(OC)C1CCCC1. The Morgan fingerprint density at radius 1 is 0.833 bits per heavy atom.